The lowest BCUT2D eigenvalue weighted by atomic mass is 10.2. The smallest absolute Gasteiger partial charge is 0.291 e. The van der Waals surface area contributed by atoms with Gasteiger partial charge in [-0.25, -0.2) is 0 Å². The summed E-state index contributed by atoms with van der Waals surface area (Å²) in [5.41, 5.74) is 1.81. The number of unbranched alkanes of at least 4 members (excludes halogenated alkanes) is 1. The van der Waals surface area contributed by atoms with E-state index in [4.69, 9.17) is 9.15 Å². The zero-order valence-electron chi connectivity index (χ0n) is 16.0. The van der Waals surface area contributed by atoms with Crippen LogP contribution in [0.2, 0.25) is 0 Å². The molecule has 0 saturated carbocycles. The molecule has 1 aromatic heterocycles. The van der Waals surface area contributed by atoms with Crippen LogP contribution >= 0.6 is 0 Å². The normalized spacial score (nSPS) is 11.3. The Morgan fingerprint density at radius 2 is 1.96 bits per heavy atom. The van der Waals surface area contributed by atoms with Gasteiger partial charge < -0.3 is 25.1 Å². The molecule has 1 heterocycles. The van der Waals surface area contributed by atoms with Crippen LogP contribution in [0.15, 0.2) is 52.1 Å². The van der Waals surface area contributed by atoms with Crippen molar-refractivity contribution in [1.82, 2.24) is 10.6 Å². The van der Waals surface area contributed by atoms with Crippen molar-refractivity contribution in [3.8, 4) is 0 Å². The molecule has 0 aliphatic carbocycles. The highest BCUT2D eigenvalue weighted by Gasteiger charge is 2.08. The van der Waals surface area contributed by atoms with Gasteiger partial charge in [0, 0.05) is 39.0 Å². The van der Waals surface area contributed by atoms with Gasteiger partial charge in [-0.3, -0.25) is 9.79 Å². The van der Waals surface area contributed by atoms with Crippen molar-refractivity contribution < 1.29 is 13.9 Å². The van der Waals surface area contributed by atoms with Crippen LogP contribution in [0.1, 0.15) is 35.9 Å². The van der Waals surface area contributed by atoms with Gasteiger partial charge in [-0.15, -0.1) is 0 Å². The van der Waals surface area contributed by atoms with Crippen LogP contribution < -0.4 is 16.0 Å². The summed E-state index contributed by atoms with van der Waals surface area (Å²) in [7, 11) is 1.75. The first-order chi connectivity index (χ1) is 13.2. The first-order valence-electron chi connectivity index (χ1n) is 9.19. The highest BCUT2D eigenvalue weighted by Crippen LogP contribution is 2.11. The third kappa shape index (κ3) is 7.53. The Morgan fingerprint density at radius 1 is 1.15 bits per heavy atom. The van der Waals surface area contributed by atoms with Crippen molar-refractivity contribution in [2.45, 2.75) is 26.3 Å². The average molecular weight is 372 g/mol. The molecule has 0 radical (unpaired) electrons. The van der Waals surface area contributed by atoms with E-state index in [1.807, 2.05) is 31.2 Å². The fraction of sp³-hybridized carbons (Fsp3) is 0.400. The number of carbonyl (C=O) groups excluding carboxylic acids is 1. The number of benzene rings is 1. The Morgan fingerprint density at radius 3 is 2.63 bits per heavy atom. The molecule has 0 bridgehead atoms. The van der Waals surface area contributed by atoms with Crippen molar-refractivity contribution in [1.29, 1.82) is 0 Å². The summed E-state index contributed by atoms with van der Waals surface area (Å²) in [6, 6.07) is 11.0. The van der Waals surface area contributed by atoms with Crippen molar-refractivity contribution in [2.75, 3.05) is 32.1 Å². The van der Waals surface area contributed by atoms with Gasteiger partial charge in [-0.05, 0) is 49.6 Å². The van der Waals surface area contributed by atoms with Gasteiger partial charge in [0.25, 0.3) is 5.91 Å². The van der Waals surface area contributed by atoms with E-state index in [2.05, 4.69) is 20.9 Å². The zero-order chi connectivity index (χ0) is 19.3. The maximum atomic E-state index is 11.9. The number of hydrogen-bond donors (Lipinski definition) is 3. The second kappa shape index (κ2) is 11.7. The van der Waals surface area contributed by atoms with E-state index < -0.39 is 0 Å². The molecule has 7 nitrogen and oxygen atoms in total. The molecule has 0 aliphatic rings. The largest absolute Gasteiger partial charge is 0.459 e. The van der Waals surface area contributed by atoms with Gasteiger partial charge in [0.2, 0.25) is 0 Å². The van der Waals surface area contributed by atoms with E-state index in [0.29, 0.717) is 6.54 Å². The van der Waals surface area contributed by atoms with E-state index in [0.717, 1.165) is 49.8 Å². The maximum absolute atomic E-state index is 11.9. The number of amides is 1. The standard InChI is InChI=1S/C20H28N4O3/c1-3-26-13-5-4-12-22-20(21-2)23-15-16-8-10-17(11-9-16)24-19(25)18-7-6-14-27-18/h6-11,14H,3-5,12-13,15H2,1-2H3,(H,24,25)(H2,21,22,23). The lowest BCUT2D eigenvalue weighted by molar-refractivity contribution is 0.0996. The first kappa shape index (κ1) is 20.5. The van der Waals surface area contributed by atoms with Crippen molar-refractivity contribution >= 4 is 17.6 Å². The molecule has 0 fully saturated rings. The molecule has 2 rings (SSSR count). The number of ether oxygens (including phenoxy) is 1. The molecule has 1 aromatic carbocycles. The predicted molar refractivity (Wildman–Crippen MR) is 107 cm³/mol. The molecule has 146 valence electrons. The molecule has 1 amide bonds. The number of carbonyl (C=O) groups is 1. The molecule has 0 unspecified atom stereocenters. The Balaban J connectivity index is 1.71. The Kier molecular flexibility index (Phi) is 8.92. The number of nitrogens with one attached hydrogen (secondary N) is 3. The van der Waals surface area contributed by atoms with E-state index in [1.165, 1.54) is 6.26 Å². The van der Waals surface area contributed by atoms with E-state index in [-0.39, 0.29) is 11.7 Å². The summed E-state index contributed by atoms with van der Waals surface area (Å²) < 4.78 is 10.4. The molecular weight excluding hydrogens is 344 g/mol. The number of furan rings is 1. The topological polar surface area (TPSA) is 87.9 Å². The summed E-state index contributed by atoms with van der Waals surface area (Å²) >= 11 is 0. The predicted octanol–water partition coefficient (Wildman–Crippen LogP) is 3.01. The minimum Gasteiger partial charge on any atom is -0.459 e. The van der Waals surface area contributed by atoms with E-state index in [9.17, 15) is 4.79 Å². The van der Waals surface area contributed by atoms with Crippen LogP contribution in [0.3, 0.4) is 0 Å². The monoisotopic (exact) mass is 372 g/mol. The summed E-state index contributed by atoms with van der Waals surface area (Å²) in [5.74, 6) is 0.790. The highest BCUT2D eigenvalue weighted by molar-refractivity contribution is 6.02. The highest BCUT2D eigenvalue weighted by atomic mass is 16.5. The molecule has 2 aromatic rings. The van der Waals surface area contributed by atoms with Gasteiger partial charge >= 0.3 is 0 Å². The average Bonchev–Trinajstić information content (AvgIpc) is 3.23. The van der Waals surface area contributed by atoms with Crippen LogP contribution in [-0.4, -0.2) is 38.7 Å². The van der Waals surface area contributed by atoms with Crippen LogP contribution in [0, 0.1) is 0 Å². The number of nitrogens with zero attached hydrogens (tertiary/aromatic N) is 1. The third-order valence-corrected chi connectivity index (χ3v) is 3.85. The van der Waals surface area contributed by atoms with Gasteiger partial charge in [0.15, 0.2) is 11.7 Å². The van der Waals surface area contributed by atoms with Crippen LogP contribution in [-0.2, 0) is 11.3 Å². The molecular formula is C20H28N4O3. The fourth-order valence-corrected chi connectivity index (χ4v) is 2.39. The molecule has 0 aliphatic heterocycles. The maximum Gasteiger partial charge on any atom is 0.291 e. The second-order valence-electron chi connectivity index (χ2n) is 5.88. The third-order valence-electron chi connectivity index (χ3n) is 3.85. The molecule has 0 atom stereocenters. The van der Waals surface area contributed by atoms with Crippen LogP contribution in [0.4, 0.5) is 5.69 Å². The van der Waals surface area contributed by atoms with Gasteiger partial charge in [0.1, 0.15) is 0 Å². The number of rotatable bonds is 10. The summed E-state index contributed by atoms with van der Waals surface area (Å²) in [5, 5.41) is 9.36. The second-order valence-corrected chi connectivity index (χ2v) is 5.88. The van der Waals surface area contributed by atoms with Crippen LogP contribution in [0.5, 0.6) is 0 Å². The molecule has 0 spiro atoms. The fourth-order valence-electron chi connectivity index (χ4n) is 2.39. The van der Waals surface area contributed by atoms with Crippen LogP contribution in [0.25, 0.3) is 0 Å². The molecule has 0 saturated heterocycles. The quantitative estimate of drug-likeness (QED) is 0.339. The number of guanidine groups is 1. The first-order valence-corrected chi connectivity index (χ1v) is 9.19. The summed E-state index contributed by atoms with van der Waals surface area (Å²) in [4.78, 5) is 16.2. The zero-order valence-corrected chi connectivity index (χ0v) is 16.0. The van der Waals surface area contributed by atoms with E-state index >= 15 is 0 Å². The van der Waals surface area contributed by atoms with Gasteiger partial charge in [0.05, 0.1) is 6.26 Å². The van der Waals surface area contributed by atoms with Crippen molar-refractivity contribution in [3.05, 3.63) is 54.0 Å². The van der Waals surface area contributed by atoms with Gasteiger partial charge in [-0.1, -0.05) is 12.1 Å². The lowest BCUT2D eigenvalue weighted by Gasteiger charge is -2.12. The minimum atomic E-state index is -0.264. The van der Waals surface area contributed by atoms with Crippen molar-refractivity contribution in [3.63, 3.8) is 0 Å². The Bertz CT molecular complexity index is 697. The number of anilines is 1. The number of hydrogen-bond acceptors (Lipinski definition) is 4. The molecule has 27 heavy (non-hydrogen) atoms. The van der Waals surface area contributed by atoms with E-state index in [1.54, 1.807) is 19.2 Å². The van der Waals surface area contributed by atoms with Crippen molar-refractivity contribution in [2.24, 2.45) is 4.99 Å². The Labute approximate surface area is 160 Å². The SMILES string of the molecule is CCOCCCCNC(=NC)NCc1ccc(NC(=O)c2ccco2)cc1. The summed E-state index contributed by atoms with van der Waals surface area (Å²) in [6.45, 7) is 5.06. The Hall–Kier alpha value is -2.80. The molecule has 3 N–H and O–H groups in total. The lowest BCUT2D eigenvalue weighted by Crippen LogP contribution is -2.37. The number of aliphatic imine (C=N–C) groups is 1. The summed E-state index contributed by atoms with van der Waals surface area (Å²) in [6.07, 6.45) is 3.54. The van der Waals surface area contributed by atoms with Gasteiger partial charge in [-0.2, -0.15) is 0 Å². The molecule has 7 heteroatoms. The minimum absolute atomic E-state index is 0.264.